The highest BCUT2D eigenvalue weighted by Crippen LogP contribution is 2.24. The van der Waals surface area contributed by atoms with Crippen LogP contribution in [0.25, 0.3) is 0 Å². The van der Waals surface area contributed by atoms with Crippen molar-refractivity contribution in [3.8, 4) is 0 Å². The van der Waals surface area contributed by atoms with Crippen molar-refractivity contribution in [1.29, 1.82) is 0 Å². The van der Waals surface area contributed by atoms with E-state index in [9.17, 15) is 0 Å². The zero-order valence-corrected chi connectivity index (χ0v) is 8.46. The van der Waals surface area contributed by atoms with Crippen LogP contribution in [0.2, 0.25) is 0 Å². The molecule has 1 nitrogen and oxygen atoms in total. The van der Waals surface area contributed by atoms with E-state index in [1.807, 2.05) is 0 Å². The lowest BCUT2D eigenvalue weighted by atomic mass is 10.2. The van der Waals surface area contributed by atoms with Crippen LogP contribution in [0.1, 0.15) is 25.3 Å². The molecule has 1 aliphatic heterocycles. The van der Waals surface area contributed by atoms with Crippen LogP contribution in [0, 0.1) is 6.92 Å². The zero-order chi connectivity index (χ0) is 9.26. The van der Waals surface area contributed by atoms with Gasteiger partial charge in [0, 0.05) is 18.3 Å². The van der Waals surface area contributed by atoms with Gasteiger partial charge in [0.1, 0.15) is 0 Å². The number of anilines is 1. The Bertz CT molecular complexity index is 276. The van der Waals surface area contributed by atoms with E-state index in [4.69, 9.17) is 0 Å². The smallest absolute Gasteiger partial charge is 0.0368 e. The van der Waals surface area contributed by atoms with Gasteiger partial charge in [-0.25, -0.2) is 0 Å². The molecule has 70 valence electrons. The maximum Gasteiger partial charge on any atom is 0.0368 e. The summed E-state index contributed by atoms with van der Waals surface area (Å²) in [7, 11) is 0. The molecule has 1 aromatic rings. The minimum atomic E-state index is 0.725. The van der Waals surface area contributed by atoms with Gasteiger partial charge in [0.2, 0.25) is 0 Å². The molecule has 1 saturated heterocycles. The van der Waals surface area contributed by atoms with Crippen molar-refractivity contribution in [2.75, 3.05) is 11.4 Å². The fourth-order valence-electron chi connectivity index (χ4n) is 2.05. The highest BCUT2D eigenvalue weighted by molar-refractivity contribution is 5.49. The summed E-state index contributed by atoms with van der Waals surface area (Å²) in [5.74, 6) is 0. The largest absolute Gasteiger partial charge is 0.369 e. The number of hydrogen-bond donors (Lipinski definition) is 0. The van der Waals surface area contributed by atoms with E-state index in [0.717, 1.165) is 6.04 Å². The minimum Gasteiger partial charge on any atom is -0.369 e. The minimum absolute atomic E-state index is 0.725. The van der Waals surface area contributed by atoms with E-state index >= 15 is 0 Å². The first kappa shape index (κ1) is 8.61. The average molecular weight is 175 g/mol. The predicted molar refractivity (Wildman–Crippen MR) is 57.2 cm³/mol. The molecule has 1 heteroatoms. The Morgan fingerprint density at radius 3 is 2.46 bits per heavy atom. The number of nitrogens with zero attached hydrogens (tertiary/aromatic N) is 1. The Hall–Kier alpha value is -0.980. The fourth-order valence-corrected chi connectivity index (χ4v) is 2.05. The first-order chi connectivity index (χ1) is 6.27. The van der Waals surface area contributed by atoms with Crippen molar-refractivity contribution < 1.29 is 0 Å². The first-order valence-corrected chi connectivity index (χ1v) is 5.10. The fraction of sp³-hybridized carbons (Fsp3) is 0.500. The summed E-state index contributed by atoms with van der Waals surface area (Å²) < 4.78 is 0. The Morgan fingerprint density at radius 1 is 1.23 bits per heavy atom. The topological polar surface area (TPSA) is 3.24 Å². The molecule has 1 aromatic carbocycles. The molecule has 1 heterocycles. The normalized spacial score (nSPS) is 22.3. The molecule has 1 unspecified atom stereocenters. The van der Waals surface area contributed by atoms with Crippen LogP contribution in [0.4, 0.5) is 5.69 Å². The monoisotopic (exact) mass is 175 g/mol. The molecule has 0 bridgehead atoms. The zero-order valence-electron chi connectivity index (χ0n) is 8.46. The molecule has 1 fully saturated rings. The van der Waals surface area contributed by atoms with Gasteiger partial charge in [-0.3, -0.25) is 0 Å². The molecule has 0 aliphatic carbocycles. The SMILES string of the molecule is Cc1ccc(N2CCCC2C)cc1. The van der Waals surface area contributed by atoms with Crippen LogP contribution in [-0.4, -0.2) is 12.6 Å². The first-order valence-electron chi connectivity index (χ1n) is 5.10. The molecule has 0 amide bonds. The second-order valence-corrected chi connectivity index (χ2v) is 4.02. The Labute approximate surface area is 80.4 Å². The van der Waals surface area contributed by atoms with Crippen LogP contribution in [0.5, 0.6) is 0 Å². The summed E-state index contributed by atoms with van der Waals surface area (Å²) in [5, 5.41) is 0. The number of benzene rings is 1. The predicted octanol–water partition coefficient (Wildman–Crippen LogP) is 2.98. The molecule has 0 saturated carbocycles. The van der Waals surface area contributed by atoms with Gasteiger partial charge in [-0.05, 0) is 38.8 Å². The second-order valence-electron chi connectivity index (χ2n) is 4.02. The maximum atomic E-state index is 2.50. The molecule has 0 aromatic heterocycles. The third-order valence-electron chi connectivity index (χ3n) is 2.92. The number of hydrogen-bond acceptors (Lipinski definition) is 1. The van der Waals surface area contributed by atoms with Crippen molar-refractivity contribution in [2.24, 2.45) is 0 Å². The summed E-state index contributed by atoms with van der Waals surface area (Å²) in [6, 6.07) is 9.58. The van der Waals surface area contributed by atoms with Crippen LogP contribution >= 0.6 is 0 Å². The Kier molecular flexibility index (Phi) is 2.26. The van der Waals surface area contributed by atoms with Crippen molar-refractivity contribution in [3.05, 3.63) is 29.8 Å². The summed E-state index contributed by atoms with van der Waals surface area (Å²) >= 11 is 0. The van der Waals surface area contributed by atoms with Gasteiger partial charge < -0.3 is 4.90 Å². The lowest BCUT2D eigenvalue weighted by Crippen LogP contribution is -2.25. The summed E-state index contributed by atoms with van der Waals surface area (Å²) in [5.41, 5.74) is 2.73. The van der Waals surface area contributed by atoms with E-state index in [-0.39, 0.29) is 0 Å². The van der Waals surface area contributed by atoms with E-state index < -0.39 is 0 Å². The average Bonchev–Trinajstić information content (AvgIpc) is 2.53. The van der Waals surface area contributed by atoms with E-state index in [0.29, 0.717) is 0 Å². The van der Waals surface area contributed by atoms with E-state index in [1.165, 1.54) is 30.6 Å². The Morgan fingerprint density at radius 2 is 1.92 bits per heavy atom. The molecule has 0 N–H and O–H groups in total. The summed E-state index contributed by atoms with van der Waals surface area (Å²) in [4.78, 5) is 2.50. The van der Waals surface area contributed by atoms with Crippen molar-refractivity contribution in [3.63, 3.8) is 0 Å². The Balaban J connectivity index is 2.20. The molecule has 1 atom stereocenters. The summed E-state index contributed by atoms with van der Waals surface area (Å²) in [6.45, 7) is 5.67. The van der Waals surface area contributed by atoms with Crippen LogP contribution < -0.4 is 4.90 Å². The lowest BCUT2D eigenvalue weighted by Gasteiger charge is -2.23. The van der Waals surface area contributed by atoms with Crippen molar-refractivity contribution >= 4 is 5.69 Å². The summed E-state index contributed by atoms with van der Waals surface area (Å²) in [6.07, 6.45) is 2.68. The second kappa shape index (κ2) is 3.41. The van der Waals surface area contributed by atoms with Crippen molar-refractivity contribution in [1.82, 2.24) is 0 Å². The molecule has 2 rings (SSSR count). The third kappa shape index (κ3) is 1.69. The molecule has 1 aliphatic rings. The van der Waals surface area contributed by atoms with Crippen LogP contribution in [0.3, 0.4) is 0 Å². The van der Waals surface area contributed by atoms with Gasteiger partial charge in [-0.15, -0.1) is 0 Å². The van der Waals surface area contributed by atoms with E-state index in [1.54, 1.807) is 0 Å². The van der Waals surface area contributed by atoms with Crippen LogP contribution in [0.15, 0.2) is 24.3 Å². The van der Waals surface area contributed by atoms with Crippen LogP contribution in [-0.2, 0) is 0 Å². The molecule has 13 heavy (non-hydrogen) atoms. The van der Waals surface area contributed by atoms with Gasteiger partial charge >= 0.3 is 0 Å². The highest BCUT2D eigenvalue weighted by atomic mass is 15.2. The lowest BCUT2D eigenvalue weighted by molar-refractivity contribution is 0.735. The third-order valence-corrected chi connectivity index (χ3v) is 2.92. The van der Waals surface area contributed by atoms with Gasteiger partial charge in [0.25, 0.3) is 0 Å². The standard InChI is InChI=1S/C12H17N/c1-10-5-7-12(8-6-10)13-9-3-4-11(13)2/h5-8,11H,3-4,9H2,1-2H3. The number of rotatable bonds is 1. The van der Waals surface area contributed by atoms with E-state index in [2.05, 4.69) is 43.0 Å². The quantitative estimate of drug-likeness (QED) is 0.634. The number of aryl methyl sites for hydroxylation is 1. The van der Waals surface area contributed by atoms with Crippen molar-refractivity contribution in [2.45, 2.75) is 32.7 Å². The maximum absolute atomic E-state index is 2.50. The molecular formula is C12H17N. The molecule has 0 spiro atoms. The van der Waals surface area contributed by atoms with Gasteiger partial charge in [0.05, 0.1) is 0 Å². The van der Waals surface area contributed by atoms with Gasteiger partial charge in [-0.1, -0.05) is 17.7 Å². The highest BCUT2D eigenvalue weighted by Gasteiger charge is 2.19. The molecular weight excluding hydrogens is 158 g/mol. The van der Waals surface area contributed by atoms with Gasteiger partial charge in [-0.2, -0.15) is 0 Å². The van der Waals surface area contributed by atoms with Gasteiger partial charge in [0.15, 0.2) is 0 Å². The molecule has 0 radical (unpaired) electrons.